The Labute approximate surface area is 174 Å². The van der Waals surface area contributed by atoms with E-state index in [1.165, 1.54) is 11.2 Å². The first-order valence-electron chi connectivity index (χ1n) is 9.69. The van der Waals surface area contributed by atoms with Crippen LogP contribution in [0.4, 0.5) is 0 Å². The number of aliphatic hydroxyl groups excluding tert-OH is 1. The summed E-state index contributed by atoms with van der Waals surface area (Å²) in [5.41, 5.74) is 1.27. The predicted molar refractivity (Wildman–Crippen MR) is 111 cm³/mol. The van der Waals surface area contributed by atoms with E-state index in [1.54, 1.807) is 36.4 Å². The number of carbonyl (C=O) groups excluding carboxylic acids is 2. The summed E-state index contributed by atoms with van der Waals surface area (Å²) in [4.78, 5) is 27.3. The number of benzene rings is 2. The Morgan fingerprint density at radius 3 is 2.57 bits per heavy atom. The van der Waals surface area contributed by atoms with Crippen LogP contribution >= 0.6 is 0 Å². The van der Waals surface area contributed by atoms with Gasteiger partial charge in [-0.3, -0.25) is 9.59 Å². The van der Waals surface area contributed by atoms with Gasteiger partial charge >= 0.3 is 0 Å². The molecule has 6 nitrogen and oxygen atoms in total. The fourth-order valence-electron chi connectivity index (χ4n) is 3.62. The fourth-order valence-corrected chi connectivity index (χ4v) is 3.62. The van der Waals surface area contributed by atoms with Gasteiger partial charge in [-0.15, -0.1) is 0 Å². The average molecular weight is 403 g/mol. The molecule has 1 aliphatic heterocycles. The molecule has 1 amide bonds. The molecule has 30 heavy (non-hydrogen) atoms. The number of hydrogen-bond donors (Lipinski definition) is 1. The van der Waals surface area contributed by atoms with Crippen molar-refractivity contribution in [3.05, 3.63) is 95.5 Å². The molecule has 1 aliphatic rings. The molecule has 0 bridgehead atoms. The zero-order chi connectivity index (χ0) is 21.1. The topological polar surface area (TPSA) is 80.0 Å². The molecule has 1 saturated heterocycles. The molecule has 6 heteroatoms. The van der Waals surface area contributed by atoms with Gasteiger partial charge in [0.05, 0.1) is 18.4 Å². The van der Waals surface area contributed by atoms with Crippen LogP contribution in [-0.4, -0.2) is 28.3 Å². The molecule has 4 rings (SSSR count). The highest BCUT2D eigenvalue weighted by Gasteiger charge is 2.47. The zero-order valence-electron chi connectivity index (χ0n) is 16.4. The normalized spacial score (nSPS) is 18.0. The van der Waals surface area contributed by atoms with Crippen LogP contribution in [0.1, 0.15) is 29.9 Å². The SMILES string of the molecule is CCOc1cccc(C(O)=C2C(=O)C(=O)N(Cc3ccccc3)C2c2ccco2)c1. The molecule has 0 spiro atoms. The number of nitrogens with zero attached hydrogens (tertiary/aromatic N) is 1. The number of carbonyl (C=O) groups is 2. The van der Waals surface area contributed by atoms with Crippen molar-refractivity contribution < 1.29 is 23.8 Å². The highest BCUT2D eigenvalue weighted by atomic mass is 16.5. The molecule has 1 fully saturated rings. The Kier molecular flexibility index (Phi) is 5.39. The summed E-state index contributed by atoms with van der Waals surface area (Å²) in [5.74, 6) is -0.705. The number of rotatable bonds is 6. The minimum absolute atomic E-state index is 0.000436. The van der Waals surface area contributed by atoms with Gasteiger partial charge < -0.3 is 19.2 Å². The van der Waals surface area contributed by atoms with Crippen LogP contribution in [0.3, 0.4) is 0 Å². The van der Waals surface area contributed by atoms with E-state index in [4.69, 9.17) is 9.15 Å². The van der Waals surface area contributed by atoms with Crippen LogP contribution in [-0.2, 0) is 16.1 Å². The zero-order valence-corrected chi connectivity index (χ0v) is 16.4. The van der Waals surface area contributed by atoms with Gasteiger partial charge in [0.15, 0.2) is 0 Å². The maximum Gasteiger partial charge on any atom is 0.296 e. The van der Waals surface area contributed by atoms with E-state index in [2.05, 4.69) is 0 Å². The lowest BCUT2D eigenvalue weighted by Gasteiger charge is -2.23. The molecular weight excluding hydrogens is 382 g/mol. The summed E-state index contributed by atoms with van der Waals surface area (Å²) in [5, 5.41) is 11.0. The number of ketones is 1. The van der Waals surface area contributed by atoms with Crippen molar-refractivity contribution in [2.24, 2.45) is 0 Å². The third-order valence-electron chi connectivity index (χ3n) is 4.97. The summed E-state index contributed by atoms with van der Waals surface area (Å²) in [7, 11) is 0. The second kappa shape index (κ2) is 8.29. The number of aliphatic hydroxyl groups is 1. The van der Waals surface area contributed by atoms with Gasteiger partial charge in [0.2, 0.25) is 0 Å². The number of ether oxygens (including phenoxy) is 1. The van der Waals surface area contributed by atoms with E-state index in [9.17, 15) is 14.7 Å². The lowest BCUT2D eigenvalue weighted by atomic mass is 9.99. The Hall–Kier alpha value is -3.80. The molecule has 3 aromatic rings. The Balaban J connectivity index is 1.81. The summed E-state index contributed by atoms with van der Waals surface area (Å²) >= 11 is 0. The minimum Gasteiger partial charge on any atom is -0.507 e. The van der Waals surface area contributed by atoms with Crippen LogP contribution < -0.4 is 4.74 Å². The van der Waals surface area contributed by atoms with E-state index >= 15 is 0 Å². The van der Waals surface area contributed by atoms with Crippen molar-refractivity contribution in [1.29, 1.82) is 0 Å². The van der Waals surface area contributed by atoms with Crippen molar-refractivity contribution in [3.63, 3.8) is 0 Å². The highest BCUT2D eigenvalue weighted by molar-refractivity contribution is 6.46. The van der Waals surface area contributed by atoms with Gasteiger partial charge in [-0.1, -0.05) is 42.5 Å². The summed E-state index contributed by atoms with van der Waals surface area (Å²) < 4.78 is 11.0. The average Bonchev–Trinajstić information content (AvgIpc) is 3.37. The van der Waals surface area contributed by atoms with E-state index < -0.39 is 17.7 Å². The Morgan fingerprint density at radius 1 is 1.07 bits per heavy atom. The predicted octanol–water partition coefficient (Wildman–Crippen LogP) is 4.30. The molecule has 0 radical (unpaired) electrons. The monoisotopic (exact) mass is 403 g/mol. The van der Waals surface area contributed by atoms with Crippen molar-refractivity contribution in [3.8, 4) is 5.75 Å². The van der Waals surface area contributed by atoms with Crippen LogP contribution in [0, 0.1) is 0 Å². The maximum atomic E-state index is 13.0. The molecule has 1 atom stereocenters. The second-order valence-electron chi connectivity index (χ2n) is 6.89. The van der Waals surface area contributed by atoms with Crippen LogP contribution in [0.25, 0.3) is 5.76 Å². The minimum atomic E-state index is -0.823. The standard InChI is InChI=1S/C24H21NO5/c1-2-29-18-11-6-10-17(14-18)22(26)20-21(19-12-7-13-30-19)25(24(28)23(20)27)15-16-8-4-3-5-9-16/h3-14,21,26H,2,15H2,1H3. The van der Waals surface area contributed by atoms with Crippen LogP contribution in [0.5, 0.6) is 5.75 Å². The van der Waals surface area contributed by atoms with Gasteiger partial charge in [0.1, 0.15) is 23.3 Å². The number of amides is 1. The van der Waals surface area contributed by atoms with Gasteiger partial charge in [-0.25, -0.2) is 0 Å². The first-order valence-corrected chi connectivity index (χ1v) is 9.69. The van der Waals surface area contributed by atoms with Crippen molar-refractivity contribution in [1.82, 2.24) is 4.90 Å². The number of hydrogen-bond acceptors (Lipinski definition) is 5. The fraction of sp³-hybridized carbons (Fsp3) is 0.167. The van der Waals surface area contributed by atoms with E-state index in [0.717, 1.165) is 5.56 Å². The van der Waals surface area contributed by atoms with Crippen LogP contribution in [0.2, 0.25) is 0 Å². The van der Waals surface area contributed by atoms with E-state index in [-0.39, 0.29) is 17.9 Å². The van der Waals surface area contributed by atoms with E-state index in [0.29, 0.717) is 23.7 Å². The molecule has 1 N–H and O–H groups in total. The Morgan fingerprint density at radius 2 is 1.87 bits per heavy atom. The van der Waals surface area contributed by atoms with Gasteiger partial charge in [-0.2, -0.15) is 0 Å². The van der Waals surface area contributed by atoms with Gasteiger partial charge in [-0.05, 0) is 36.8 Å². The molecule has 0 aliphatic carbocycles. The summed E-state index contributed by atoms with van der Waals surface area (Å²) in [6.45, 7) is 2.54. The molecule has 1 aromatic heterocycles. The van der Waals surface area contributed by atoms with Crippen molar-refractivity contribution >= 4 is 17.4 Å². The molecular formula is C24H21NO5. The smallest absolute Gasteiger partial charge is 0.296 e. The maximum absolute atomic E-state index is 13.0. The summed E-state index contributed by atoms with van der Waals surface area (Å²) in [6.07, 6.45) is 1.48. The van der Waals surface area contributed by atoms with Crippen LogP contribution in [0.15, 0.2) is 83.0 Å². The second-order valence-corrected chi connectivity index (χ2v) is 6.89. The molecule has 152 valence electrons. The number of furan rings is 1. The third kappa shape index (κ3) is 3.59. The molecule has 0 saturated carbocycles. The lowest BCUT2D eigenvalue weighted by Crippen LogP contribution is -2.29. The lowest BCUT2D eigenvalue weighted by molar-refractivity contribution is -0.140. The Bertz CT molecular complexity index is 1090. The van der Waals surface area contributed by atoms with Gasteiger partial charge in [0.25, 0.3) is 11.7 Å². The first-order chi connectivity index (χ1) is 14.6. The van der Waals surface area contributed by atoms with Crippen molar-refractivity contribution in [2.75, 3.05) is 6.61 Å². The highest BCUT2D eigenvalue weighted by Crippen LogP contribution is 2.40. The molecule has 2 aromatic carbocycles. The number of likely N-dealkylation sites (tertiary alicyclic amines) is 1. The van der Waals surface area contributed by atoms with Crippen molar-refractivity contribution in [2.45, 2.75) is 19.5 Å². The molecule has 1 unspecified atom stereocenters. The third-order valence-corrected chi connectivity index (χ3v) is 4.97. The number of Topliss-reactive ketones (excluding diaryl/α,β-unsaturated/α-hetero) is 1. The first kappa shape index (κ1) is 19.5. The quantitative estimate of drug-likeness (QED) is 0.377. The summed E-state index contributed by atoms with van der Waals surface area (Å²) in [6, 6.07) is 18.7. The van der Waals surface area contributed by atoms with Gasteiger partial charge in [0, 0.05) is 12.1 Å². The van der Waals surface area contributed by atoms with E-state index in [1.807, 2.05) is 37.3 Å². The molecule has 2 heterocycles. The largest absolute Gasteiger partial charge is 0.507 e.